The van der Waals surface area contributed by atoms with E-state index in [0.717, 1.165) is 11.1 Å². The summed E-state index contributed by atoms with van der Waals surface area (Å²) < 4.78 is 18.4. The second-order valence-corrected chi connectivity index (χ2v) is 8.57. The Morgan fingerprint density at radius 3 is 2.56 bits per heavy atom. The summed E-state index contributed by atoms with van der Waals surface area (Å²) in [6.07, 6.45) is 1.80. The summed E-state index contributed by atoms with van der Waals surface area (Å²) in [5.74, 6) is 0.761. The Balaban J connectivity index is 1.89. The molecule has 0 fully saturated rings. The van der Waals surface area contributed by atoms with E-state index < -0.39 is 12.0 Å². The number of hydrogen-bond donors (Lipinski definition) is 0. The number of aromatic nitrogens is 1. The Hall–Kier alpha value is -3.65. The summed E-state index contributed by atoms with van der Waals surface area (Å²) in [5.41, 5.74) is 2.30. The third-order valence-corrected chi connectivity index (χ3v) is 6.40. The van der Waals surface area contributed by atoms with Crippen molar-refractivity contribution in [3.05, 3.63) is 90.6 Å². The van der Waals surface area contributed by atoms with Gasteiger partial charge in [0.1, 0.15) is 0 Å². The van der Waals surface area contributed by atoms with Gasteiger partial charge in [0.2, 0.25) is 0 Å². The fraction of sp³-hybridized carbons (Fsp3) is 0.269. The Labute approximate surface area is 201 Å². The van der Waals surface area contributed by atoms with Crippen molar-refractivity contribution in [2.24, 2.45) is 4.99 Å². The molecule has 2 aromatic carbocycles. The molecule has 0 saturated heterocycles. The lowest BCUT2D eigenvalue weighted by Crippen LogP contribution is -2.39. The maximum atomic E-state index is 13.6. The summed E-state index contributed by atoms with van der Waals surface area (Å²) in [6, 6.07) is 14.4. The van der Waals surface area contributed by atoms with Crippen molar-refractivity contribution in [2.75, 3.05) is 20.3 Å². The molecule has 1 unspecified atom stereocenters. The normalized spacial score (nSPS) is 15.5. The van der Waals surface area contributed by atoms with Gasteiger partial charge in [0.25, 0.3) is 5.56 Å². The van der Waals surface area contributed by atoms with Gasteiger partial charge in [0, 0.05) is 0 Å². The maximum absolute atomic E-state index is 13.6. The number of carbonyl (C=O) groups is 1. The van der Waals surface area contributed by atoms with E-state index in [1.165, 1.54) is 11.3 Å². The molecule has 1 aliphatic rings. The van der Waals surface area contributed by atoms with Gasteiger partial charge in [0.05, 0.1) is 42.2 Å². The molecule has 0 spiro atoms. The Morgan fingerprint density at radius 2 is 1.88 bits per heavy atom. The molecule has 8 heteroatoms. The molecule has 1 atom stereocenters. The van der Waals surface area contributed by atoms with Crippen LogP contribution in [0.1, 0.15) is 37.9 Å². The number of benzene rings is 2. The molecule has 0 saturated carbocycles. The predicted octanol–water partition coefficient (Wildman–Crippen LogP) is 3.21. The van der Waals surface area contributed by atoms with Gasteiger partial charge in [0.15, 0.2) is 16.3 Å². The quantitative estimate of drug-likeness (QED) is 0.488. The largest absolute Gasteiger partial charge is 0.493 e. The summed E-state index contributed by atoms with van der Waals surface area (Å²) in [5, 5.41) is 0. The molecule has 34 heavy (non-hydrogen) atoms. The SMILES string of the molecule is CCOC(=O)C1=C(C)N=c2s/c(=C\c3ccc(OCC)c(OC)c3)c(=O)n2C1c1ccccc1. The number of nitrogens with zero attached hydrogens (tertiary/aromatic N) is 2. The molecule has 1 aromatic heterocycles. The van der Waals surface area contributed by atoms with Gasteiger partial charge in [-0.15, -0.1) is 0 Å². The molecular formula is C26H26N2O5S. The van der Waals surface area contributed by atoms with Gasteiger partial charge >= 0.3 is 5.97 Å². The fourth-order valence-corrected chi connectivity index (χ4v) is 4.99. The number of ether oxygens (including phenoxy) is 3. The number of carbonyl (C=O) groups excluding carboxylic acids is 1. The summed E-state index contributed by atoms with van der Waals surface area (Å²) in [6.45, 7) is 6.20. The number of thiazole rings is 1. The van der Waals surface area contributed by atoms with E-state index >= 15 is 0 Å². The maximum Gasteiger partial charge on any atom is 0.338 e. The van der Waals surface area contributed by atoms with E-state index in [-0.39, 0.29) is 12.2 Å². The summed E-state index contributed by atoms with van der Waals surface area (Å²) >= 11 is 1.28. The van der Waals surface area contributed by atoms with Crippen LogP contribution in [0.2, 0.25) is 0 Å². The van der Waals surface area contributed by atoms with Crippen molar-refractivity contribution in [1.29, 1.82) is 0 Å². The number of hydrogen-bond acceptors (Lipinski definition) is 7. The minimum atomic E-state index is -0.617. The van der Waals surface area contributed by atoms with Crippen LogP contribution in [0.25, 0.3) is 6.08 Å². The minimum Gasteiger partial charge on any atom is -0.493 e. The number of allylic oxidation sites excluding steroid dienone is 1. The molecule has 0 radical (unpaired) electrons. The zero-order valence-corrected chi connectivity index (χ0v) is 20.3. The number of esters is 1. The van der Waals surface area contributed by atoms with Crippen LogP contribution in [0.4, 0.5) is 0 Å². The number of rotatable bonds is 7. The first-order valence-electron chi connectivity index (χ1n) is 11.0. The molecule has 4 rings (SSSR count). The molecule has 176 valence electrons. The standard InChI is InChI=1S/C26H26N2O5S/c1-5-32-19-13-12-17(14-20(19)31-4)15-21-24(29)28-23(18-10-8-7-9-11-18)22(25(30)33-6-2)16(3)27-26(28)34-21/h7-15,23H,5-6H2,1-4H3/b21-15-. The van der Waals surface area contributed by atoms with Gasteiger partial charge in [-0.1, -0.05) is 47.7 Å². The Kier molecular flexibility index (Phi) is 6.98. The highest BCUT2D eigenvalue weighted by atomic mass is 32.1. The molecule has 0 aliphatic carbocycles. The first-order chi connectivity index (χ1) is 16.5. The van der Waals surface area contributed by atoms with Gasteiger partial charge < -0.3 is 14.2 Å². The zero-order chi connectivity index (χ0) is 24.2. The second-order valence-electron chi connectivity index (χ2n) is 7.56. The Morgan fingerprint density at radius 1 is 1.12 bits per heavy atom. The second kappa shape index (κ2) is 10.1. The van der Waals surface area contributed by atoms with Gasteiger partial charge in [-0.05, 0) is 50.1 Å². The van der Waals surface area contributed by atoms with E-state index in [4.69, 9.17) is 14.2 Å². The topological polar surface area (TPSA) is 79.1 Å². The first-order valence-corrected chi connectivity index (χ1v) is 11.9. The number of methoxy groups -OCH3 is 1. The van der Waals surface area contributed by atoms with Crippen LogP contribution in [0.3, 0.4) is 0 Å². The highest BCUT2D eigenvalue weighted by Crippen LogP contribution is 2.31. The highest BCUT2D eigenvalue weighted by molar-refractivity contribution is 7.07. The van der Waals surface area contributed by atoms with Crippen LogP contribution < -0.4 is 24.4 Å². The molecule has 0 bridgehead atoms. The average molecular weight is 479 g/mol. The van der Waals surface area contributed by atoms with E-state index in [1.54, 1.807) is 31.6 Å². The van der Waals surface area contributed by atoms with Crippen LogP contribution in [0, 0.1) is 0 Å². The van der Waals surface area contributed by atoms with Crippen LogP contribution in [-0.2, 0) is 9.53 Å². The first kappa shape index (κ1) is 23.5. The van der Waals surface area contributed by atoms with E-state index in [2.05, 4.69) is 4.99 Å². The molecule has 2 heterocycles. The lowest BCUT2D eigenvalue weighted by atomic mass is 9.96. The van der Waals surface area contributed by atoms with E-state index in [0.29, 0.717) is 38.7 Å². The third-order valence-electron chi connectivity index (χ3n) is 5.42. The van der Waals surface area contributed by atoms with E-state index in [9.17, 15) is 9.59 Å². The van der Waals surface area contributed by atoms with Crippen LogP contribution in [0.5, 0.6) is 11.5 Å². The van der Waals surface area contributed by atoms with Crippen molar-refractivity contribution in [3.63, 3.8) is 0 Å². The molecule has 7 nitrogen and oxygen atoms in total. The molecular weight excluding hydrogens is 452 g/mol. The summed E-state index contributed by atoms with van der Waals surface area (Å²) in [7, 11) is 1.58. The third kappa shape index (κ3) is 4.41. The number of fused-ring (bicyclic) bond motifs is 1. The minimum absolute atomic E-state index is 0.222. The van der Waals surface area contributed by atoms with Crippen LogP contribution >= 0.6 is 11.3 Å². The van der Waals surface area contributed by atoms with Crippen molar-refractivity contribution >= 4 is 23.4 Å². The van der Waals surface area contributed by atoms with Gasteiger partial charge in [-0.2, -0.15) is 0 Å². The lowest BCUT2D eigenvalue weighted by molar-refractivity contribution is -0.139. The predicted molar refractivity (Wildman–Crippen MR) is 131 cm³/mol. The molecule has 0 N–H and O–H groups in total. The monoisotopic (exact) mass is 478 g/mol. The molecule has 3 aromatic rings. The van der Waals surface area contributed by atoms with E-state index in [1.807, 2.05) is 55.5 Å². The molecule has 1 aliphatic heterocycles. The fourth-order valence-electron chi connectivity index (χ4n) is 3.94. The van der Waals surface area contributed by atoms with Gasteiger partial charge in [-0.3, -0.25) is 9.36 Å². The summed E-state index contributed by atoms with van der Waals surface area (Å²) in [4.78, 5) is 31.6. The lowest BCUT2D eigenvalue weighted by Gasteiger charge is -2.24. The van der Waals surface area contributed by atoms with Crippen molar-refractivity contribution in [1.82, 2.24) is 4.57 Å². The van der Waals surface area contributed by atoms with Crippen molar-refractivity contribution in [3.8, 4) is 11.5 Å². The van der Waals surface area contributed by atoms with Crippen molar-refractivity contribution < 1.29 is 19.0 Å². The highest BCUT2D eigenvalue weighted by Gasteiger charge is 2.33. The zero-order valence-electron chi connectivity index (χ0n) is 19.5. The molecule has 0 amide bonds. The van der Waals surface area contributed by atoms with Crippen LogP contribution in [-0.4, -0.2) is 30.9 Å². The van der Waals surface area contributed by atoms with Crippen LogP contribution in [0.15, 0.2) is 69.6 Å². The average Bonchev–Trinajstić information content (AvgIpc) is 3.14. The smallest absolute Gasteiger partial charge is 0.338 e. The van der Waals surface area contributed by atoms with Gasteiger partial charge in [-0.25, -0.2) is 9.79 Å². The Bertz CT molecular complexity index is 1420. The van der Waals surface area contributed by atoms with Crippen molar-refractivity contribution in [2.45, 2.75) is 26.8 Å².